The molecule has 2 rings (SSSR count). The van der Waals surface area contributed by atoms with E-state index in [4.69, 9.17) is 5.84 Å². The molecule has 1 fully saturated rings. The summed E-state index contributed by atoms with van der Waals surface area (Å²) >= 11 is 0. The number of nitrogens with two attached hydrogens (primary N) is 1. The van der Waals surface area contributed by atoms with E-state index in [1.54, 1.807) is 4.90 Å². The number of hydrogen-bond donors (Lipinski definition) is 2. The van der Waals surface area contributed by atoms with Crippen molar-refractivity contribution in [3.8, 4) is 0 Å². The third-order valence-electron chi connectivity index (χ3n) is 3.78. The van der Waals surface area contributed by atoms with E-state index in [1.807, 2.05) is 13.8 Å². The number of carbonyl (C=O) groups is 1. The molecular weight excluding hydrogens is 283 g/mol. The molecule has 2 atom stereocenters. The zero-order valence-electron chi connectivity index (χ0n) is 11.9. The monoisotopic (exact) mass is 301 g/mol. The number of benzene rings is 1. The number of carbonyl (C=O) groups excluding carboxylic acids is 1. The van der Waals surface area contributed by atoms with E-state index < -0.39 is 17.6 Å². The van der Waals surface area contributed by atoms with E-state index in [2.05, 4.69) is 5.43 Å². The largest absolute Gasteiger partial charge is 0.416 e. The van der Waals surface area contributed by atoms with Crippen molar-refractivity contribution in [1.29, 1.82) is 0 Å². The second-order valence-corrected chi connectivity index (χ2v) is 5.55. The van der Waals surface area contributed by atoms with Gasteiger partial charge in [-0.25, -0.2) is 0 Å². The molecule has 0 aliphatic carbocycles. The minimum absolute atomic E-state index is 0.00710. The highest BCUT2D eigenvalue weighted by Crippen LogP contribution is 2.33. The van der Waals surface area contributed by atoms with Crippen LogP contribution in [0.4, 0.5) is 18.9 Å². The van der Waals surface area contributed by atoms with Crippen LogP contribution in [0.3, 0.4) is 0 Å². The van der Waals surface area contributed by atoms with Crippen molar-refractivity contribution in [2.75, 3.05) is 12.0 Å². The number of nitrogens with zero attached hydrogens (tertiary/aromatic N) is 1. The zero-order valence-corrected chi connectivity index (χ0v) is 11.9. The minimum atomic E-state index is -4.49. The summed E-state index contributed by atoms with van der Waals surface area (Å²) in [6, 6.07) is 2.95. The van der Waals surface area contributed by atoms with Crippen molar-refractivity contribution < 1.29 is 18.0 Å². The van der Waals surface area contributed by atoms with Crippen LogP contribution in [0, 0.1) is 5.92 Å². The SMILES string of the molecule is CC1CC(C)N(C(=O)c2cc(C(F)(F)F)ccc2NN)C1. The Morgan fingerprint density at radius 1 is 1.38 bits per heavy atom. The predicted octanol–water partition coefficient (Wildman–Crippen LogP) is 2.86. The number of halogens is 3. The van der Waals surface area contributed by atoms with Gasteiger partial charge >= 0.3 is 6.18 Å². The fraction of sp³-hybridized carbons (Fsp3) is 0.500. The second-order valence-electron chi connectivity index (χ2n) is 5.55. The van der Waals surface area contributed by atoms with Crippen LogP contribution in [0.15, 0.2) is 18.2 Å². The molecule has 3 N–H and O–H groups in total. The number of amides is 1. The Bertz CT molecular complexity index is 545. The Morgan fingerprint density at radius 3 is 2.52 bits per heavy atom. The lowest BCUT2D eigenvalue weighted by atomic mass is 10.1. The number of rotatable bonds is 2. The van der Waals surface area contributed by atoms with Gasteiger partial charge in [0.25, 0.3) is 5.91 Å². The number of nitrogen functional groups attached to an aromatic ring is 1. The van der Waals surface area contributed by atoms with Gasteiger partial charge in [-0.05, 0) is 37.5 Å². The molecule has 1 aliphatic rings. The van der Waals surface area contributed by atoms with Crippen molar-refractivity contribution in [3.63, 3.8) is 0 Å². The Balaban J connectivity index is 2.39. The van der Waals surface area contributed by atoms with Gasteiger partial charge in [0.1, 0.15) is 0 Å². The summed E-state index contributed by atoms with van der Waals surface area (Å²) in [6.07, 6.45) is -3.65. The lowest BCUT2D eigenvalue weighted by Gasteiger charge is -2.23. The number of anilines is 1. The quantitative estimate of drug-likeness (QED) is 0.652. The van der Waals surface area contributed by atoms with E-state index >= 15 is 0 Å². The van der Waals surface area contributed by atoms with Gasteiger partial charge in [-0.2, -0.15) is 13.2 Å². The normalized spacial score (nSPS) is 22.5. The Labute approximate surface area is 121 Å². The number of nitrogens with one attached hydrogen (secondary N) is 1. The van der Waals surface area contributed by atoms with Crippen LogP contribution in [0.25, 0.3) is 0 Å². The van der Waals surface area contributed by atoms with Gasteiger partial charge in [0.15, 0.2) is 0 Å². The average Bonchev–Trinajstić information content (AvgIpc) is 2.75. The van der Waals surface area contributed by atoms with Crippen LogP contribution in [0.2, 0.25) is 0 Å². The molecule has 0 saturated carbocycles. The molecule has 0 aromatic heterocycles. The molecule has 1 aromatic rings. The molecule has 0 spiro atoms. The first-order chi connectivity index (χ1) is 9.74. The smallest absolute Gasteiger partial charge is 0.336 e. The summed E-state index contributed by atoms with van der Waals surface area (Å²) < 4.78 is 38.4. The van der Waals surface area contributed by atoms with Gasteiger partial charge in [-0.15, -0.1) is 0 Å². The number of alkyl halides is 3. The molecule has 2 unspecified atom stereocenters. The van der Waals surface area contributed by atoms with Crippen LogP contribution in [0.1, 0.15) is 36.2 Å². The molecule has 1 heterocycles. The van der Waals surface area contributed by atoms with Crippen LogP contribution >= 0.6 is 0 Å². The highest BCUT2D eigenvalue weighted by molar-refractivity contribution is 6.00. The van der Waals surface area contributed by atoms with Crippen LogP contribution in [0.5, 0.6) is 0 Å². The number of hydrazine groups is 1. The van der Waals surface area contributed by atoms with E-state index in [9.17, 15) is 18.0 Å². The van der Waals surface area contributed by atoms with Crippen LogP contribution in [-0.2, 0) is 6.18 Å². The molecule has 116 valence electrons. The van der Waals surface area contributed by atoms with Gasteiger partial charge in [-0.3, -0.25) is 10.6 Å². The molecule has 4 nitrogen and oxygen atoms in total. The third kappa shape index (κ3) is 3.12. The second kappa shape index (κ2) is 5.55. The van der Waals surface area contributed by atoms with Crippen molar-refractivity contribution in [3.05, 3.63) is 29.3 Å². The maximum absolute atomic E-state index is 12.8. The zero-order chi connectivity index (χ0) is 15.8. The van der Waals surface area contributed by atoms with Gasteiger partial charge in [0.2, 0.25) is 0 Å². The molecule has 1 saturated heterocycles. The average molecular weight is 301 g/mol. The maximum atomic E-state index is 12.8. The third-order valence-corrected chi connectivity index (χ3v) is 3.78. The Hall–Kier alpha value is -1.76. The summed E-state index contributed by atoms with van der Waals surface area (Å²) in [5, 5.41) is 0. The molecule has 1 amide bonds. The number of likely N-dealkylation sites (tertiary alicyclic amines) is 1. The van der Waals surface area contributed by atoms with Gasteiger partial charge in [-0.1, -0.05) is 6.92 Å². The van der Waals surface area contributed by atoms with Gasteiger partial charge < -0.3 is 10.3 Å². The lowest BCUT2D eigenvalue weighted by Crippen LogP contribution is -2.34. The molecular formula is C14H18F3N3O. The molecule has 21 heavy (non-hydrogen) atoms. The fourth-order valence-corrected chi connectivity index (χ4v) is 2.76. The standard InChI is InChI=1S/C14H18F3N3O/c1-8-5-9(2)20(7-8)13(21)11-6-10(14(15,16)17)3-4-12(11)19-18/h3-4,6,8-9,19H,5,7,18H2,1-2H3. The summed E-state index contributed by atoms with van der Waals surface area (Å²) in [5.41, 5.74) is 1.58. The first-order valence-corrected chi connectivity index (χ1v) is 6.73. The van der Waals surface area contributed by atoms with Gasteiger partial charge in [0.05, 0.1) is 16.8 Å². The van der Waals surface area contributed by atoms with Crippen LogP contribution < -0.4 is 11.3 Å². The highest BCUT2D eigenvalue weighted by Gasteiger charge is 2.35. The molecule has 1 aliphatic heterocycles. The van der Waals surface area contributed by atoms with E-state index in [-0.39, 0.29) is 17.3 Å². The first kappa shape index (κ1) is 15.6. The summed E-state index contributed by atoms with van der Waals surface area (Å²) in [4.78, 5) is 14.1. The van der Waals surface area contributed by atoms with E-state index in [0.717, 1.165) is 18.6 Å². The van der Waals surface area contributed by atoms with Crippen molar-refractivity contribution in [2.45, 2.75) is 32.5 Å². The van der Waals surface area contributed by atoms with Gasteiger partial charge in [0, 0.05) is 12.6 Å². The highest BCUT2D eigenvalue weighted by atomic mass is 19.4. The number of hydrogen-bond acceptors (Lipinski definition) is 3. The van der Waals surface area contributed by atoms with Crippen molar-refractivity contribution in [1.82, 2.24) is 4.90 Å². The van der Waals surface area contributed by atoms with E-state index in [1.165, 1.54) is 6.07 Å². The van der Waals surface area contributed by atoms with Crippen molar-refractivity contribution >= 4 is 11.6 Å². The molecule has 0 bridgehead atoms. The molecule has 7 heteroatoms. The fourth-order valence-electron chi connectivity index (χ4n) is 2.76. The maximum Gasteiger partial charge on any atom is 0.416 e. The topological polar surface area (TPSA) is 58.4 Å². The molecule has 1 aromatic carbocycles. The minimum Gasteiger partial charge on any atom is -0.336 e. The van der Waals surface area contributed by atoms with Crippen molar-refractivity contribution in [2.24, 2.45) is 11.8 Å². The summed E-state index contributed by atoms with van der Waals surface area (Å²) in [5.74, 6) is 5.22. The predicted molar refractivity (Wildman–Crippen MR) is 73.5 cm³/mol. The molecule has 0 radical (unpaired) electrons. The first-order valence-electron chi connectivity index (χ1n) is 6.73. The summed E-state index contributed by atoms with van der Waals surface area (Å²) in [7, 11) is 0. The summed E-state index contributed by atoms with van der Waals surface area (Å²) in [6.45, 7) is 4.45. The van der Waals surface area contributed by atoms with E-state index in [0.29, 0.717) is 12.5 Å². The lowest BCUT2D eigenvalue weighted by molar-refractivity contribution is -0.137. The van der Waals surface area contributed by atoms with Crippen LogP contribution in [-0.4, -0.2) is 23.4 Å². The Kier molecular flexibility index (Phi) is 4.13. The Morgan fingerprint density at radius 2 is 2.05 bits per heavy atom.